The smallest absolute Gasteiger partial charge is 0.341 e. The van der Waals surface area contributed by atoms with Crippen LogP contribution in [0.3, 0.4) is 0 Å². The second-order valence-corrected chi connectivity index (χ2v) is 4.14. The van der Waals surface area contributed by atoms with Crippen LogP contribution in [0.15, 0.2) is 18.2 Å². The number of anilines is 1. The molecule has 1 unspecified atom stereocenters. The highest BCUT2D eigenvalue weighted by molar-refractivity contribution is 6.00. The minimum atomic E-state index is -1.25. The largest absolute Gasteiger partial charge is 0.449 e. The molecule has 0 aliphatic heterocycles. The number of esters is 1. The first-order chi connectivity index (χ1) is 10.3. The summed E-state index contributed by atoms with van der Waals surface area (Å²) in [7, 11) is 1.32. The van der Waals surface area contributed by atoms with Crippen molar-refractivity contribution in [2.75, 3.05) is 12.8 Å². The van der Waals surface area contributed by atoms with Crippen molar-refractivity contribution < 1.29 is 24.0 Å². The lowest BCUT2D eigenvalue weighted by Gasteiger charge is -2.13. The van der Waals surface area contributed by atoms with Crippen molar-refractivity contribution in [3.8, 4) is 0 Å². The predicted molar refractivity (Wildman–Crippen MR) is 75.0 cm³/mol. The molecule has 0 aliphatic carbocycles. The van der Waals surface area contributed by atoms with Gasteiger partial charge in [0.2, 0.25) is 0 Å². The van der Waals surface area contributed by atoms with Crippen LogP contribution in [-0.2, 0) is 9.53 Å². The summed E-state index contributed by atoms with van der Waals surface area (Å²) in [6.07, 6.45) is -1.25. The molecule has 0 aromatic heterocycles. The van der Waals surface area contributed by atoms with Crippen molar-refractivity contribution in [3.63, 3.8) is 0 Å². The zero-order valence-corrected chi connectivity index (χ0v) is 11.8. The maximum atomic E-state index is 11.9. The predicted octanol–water partition coefficient (Wildman–Crippen LogP) is 0.178. The molecule has 0 spiro atoms. The fraction of sp³-hybridized carbons (Fsp3) is 0.250. The molecule has 0 saturated heterocycles. The number of nitro benzene ring substituents is 1. The van der Waals surface area contributed by atoms with Crippen LogP contribution in [0, 0.1) is 10.1 Å². The van der Waals surface area contributed by atoms with E-state index in [4.69, 9.17) is 10.5 Å². The number of nitrogens with one attached hydrogen (secondary N) is 2. The van der Waals surface area contributed by atoms with Crippen LogP contribution in [0.5, 0.6) is 0 Å². The lowest BCUT2D eigenvalue weighted by molar-refractivity contribution is -0.384. The molecule has 0 saturated carbocycles. The summed E-state index contributed by atoms with van der Waals surface area (Å²) in [5.41, 5.74) is 4.99. The van der Waals surface area contributed by atoms with Gasteiger partial charge >= 0.3 is 12.0 Å². The van der Waals surface area contributed by atoms with Crippen molar-refractivity contribution in [1.82, 2.24) is 10.6 Å². The first-order valence-electron chi connectivity index (χ1n) is 6.03. The monoisotopic (exact) mass is 310 g/mol. The molecule has 22 heavy (non-hydrogen) atoms. The Bertz CT molecular complexity index is 630. The molecule has 0 fully saturated rings. The van der Waals surface area contributed by atoms with Crippen LogP contribution >= 0.6 is 0 Å². The van der Waals surface area contributed by atoms with Crippen LogP contribution < -0.4 is 16.4 Å². The third-order valence-electron chi connectivity index (χ3n) is 2.58. The fourth-order valence-corrected chi connectivity index (χ4v) is 1.40. The summed E-state index contributed by atoms with van der Waals surface area (Å²) in [6, 6.07) is 2.47. The highest BCUT2D eigenvalue weighted by Gasteiger charge is 2.22. The SMILES string of the molecule is CNC(=O)NC(=O)C(C)OC(=O)c1ccc([N+](=O)[O-])cc1N. The number of nitro groups is 1. The average Bonchev–Trinajstić information content (AvgIpc) is 2.46. The van der Waals surface area contributed by atoms with Gasteiger partial charge < -0.3 is 15.8 Å². The van der Waals surface area contributed by atoms with Gasteiger partial charge in [-0.25, -0.2) is 9.59 Å². The van der Waals surface area contributed by atoms with E-state index in [1.165, 1.54) is 14.0 Å². The number of hydrogen-bond acceptors (Lipinski definition) is 7. The molecule has 0 radical (unpaired) electrons. The summed E-state index contributed by atoms with van der Waals surface area (Å²) in [5.74, 6) is -1.76. The molecule has 10 nitrogen and oxygen atoms in total. The number of carbonyl (C=O) groups is 3. The van der Waals surface area contributed by atoms with Crippen LogP contribution in [0.2, 0.25) is 0 Å². The first-order valence-corrected chi connectivity index (χ1v) is 6.03. The van der Waals surface area contributed by atoms with Crippen LogP contribution in [0.4, 0.5) is 16.2 Å². The molecule has 0 bridgehead atoms. The Hall–Kier alpha value is -3.17. The van der Waals surface area contributed by atoms with E-state index in [2.05, 4.69) is 5.32 Å². The summed E-state index contributed by atoms with van der Waals surface area (Å²) in [6.45, 7) is 1.26. The van der Waals surface area contributed by atoms with Crippen molar-refractivity contribution in [2.24, 2.45) is 0 Å². The van der Waals surface area contributed by atoms with E-state index in [0.29, 0.717) is 0 Å². The van der Waals surface area contributed by atoms with E-state index in [-0.39, 0.29) is 16.9 Å². The van der Waals surface area contributed by atoms with E-state index in [1.54, 1.807) is 0 Å². The zero-order valence-electron chi connectivity index (χ0n) is 11.8. The molecule has 4 N–H and O–H groups in total. The van der Waals surface area contributed by atoms with Gasteiger partial charge in [0.05, 0.1) is 16.2 Å². The van der Waals surface area contributed by atoms with E-state index in [1.807, 2.05) is 5.32 Å². The Morgan fingerprint density at radius 2 is 2.00 bits per heavy atom. The number of amides is 3. The highest BCUT2D eigenvalue weighted by atomic mass is 16.6. The zero-order chi connectivity index (χ0) is 16.9. The maximum absolute atomic E-state index is 11.9. The van der Waals surface area contributed by atoms with Crippen molar-refractivity contribution in [3.05, 3.63) is 33.9 Å². The molecule has 10 heteroatoms. The third-order valence-corrected chi connectivity index (χ3v) is 2.58. The molecule has 3 amide bonds. The van der Waals surface area contributed by atoms with E-state index in [0.717, 1.165) is 18.2 Å². The minimum absolute atomic E-state index is 0.120. The number of non-ortho nitro benzene ring substituents is 1. The number of nitrogens with zero attached hydrogens (tertiary/aromatic N) is 1. The maximum Gasteiger partial charge on any atom is 0.341 e. The van der Waals surface area contributed by atoms with Crippen molar-refractivity contribution in [1.29, 1.82) is 0 Å². The number of imide groups is 1. The number of benzene rings is 1. The lowest BCUT2D eigenvalue weighted by Crippen LogP contribution is -2.43. The molecule has 1 atom stereocenters. The summed E-state index contributed by atoms with van der Waals surface area (Å²) in [4.78, 5) is 44.3. The molecule has 0 aliphatic rings. The number of urea groups is 1. The number of ether oxygens (including phenoxy) is 1. The van der Waals surface area contributed by atoms with Gasteiger partial charge in [0, 0.05) is 19.2 Å². The van der Waals surface area contributed by atoms with Crippen molar-refractivity contribution in [2.45, 2.75) is 13.0 Å². The first kappa shape index (κ1) is 16.9. The van der Waals surface area contributed by atoms with Crippen LogP contribution in [0.25, 0.3) is 0 Å². The fourth-order valence-electron chi connectivity index (χ4n) is 1.40. The van der Waals surface area contributed by atoms with Gasteiger partial charge in [-0.2, -0.15) is 0 Å². The summed E-state index contributed by atoms with van der Waals surface area (Å²) < 4.78 is 4.84. The molecule has 0 heterocycles. The summed E-state index contributed by atoms with van der Waals surface area (Å²) in [5, 5.41) is 14.7. The van der Waals surface area contributed by atoms with Gasteiger partial charge in [0.25, 0.3) is 11.6 Å². The van der Waals surface area contributed by atoms with Crippen LogP contribution in [-0.4, -0.2) is 36.0 Å². The highest BCUT2D eigenvalue weighted by Crippen LogP contribution is 2.20. The third kappa shape index (κ3) is 4.16. The molecular weight excluding hydrogens is 296 g/mol. The number of nitrogens with two attached hydrogens (primary N) is 1. The normalized spacial score (nSPS) is 11.2. The Balaban J connectivity index is 2.78. The van der Waals surface area contributed by atoms with E-state index in [9.17, 15) is 24.5 Å². The number of rotatable bonds is 4. The molecule has 1 aromatic rings. The number of nitrogen functional groups attached to an aromatic ring is 1. The van der Waals surface area contributed by atoms with Crippen LogP contribution in [0.1, 0.15) is 17.3 Å². The van der Waals surface area contributed by atoms with Gasteiger partial charge in [-0.05, 0) is 13.0 Å². The average molecular weight is 310 g/mol. The molecule has 1 rings (SSSR count). The van der Waals surface area contributed by atoms with Gasteiger partial charge in [-0.1, -0.05) is 0 Å². The lowest BCUT2D eigenvalue weighted by atomic mass is 10.1. The van der Waals surface area contributed by atoms with Gasteiger partial charge in [0.1, 0.15) is 0 Å². The molecule has 118 valence electrons. The van der Waals surface area contributed by atoms with E-state index >= 15 is 0 Å². The van der Waals surface area contributed by atoms with Gasteiger partial charge in [-0.15, -0.1) is 0 Å². The standard InChI is InChI=1S/C12H14N4O6/c1-6(10(17)15-12(19)14-2)22-11(18)8-4-3-7(16(20)21)5-9(8)13/h3-6H,13H2,1-2H3,(H2,14,15,17,19). The molecule has 1 aromatic carbocycles. The Labute approximate surface area is 124 Å². The number of carbonyl (C=O) groups excluding carboxylic acids is 3. The summed E-state index contributed by atoms with van der Waals surface area (Å²) >= 11 is 0. The van der Waals surface area contributed by atoms with Crippen molar-refractivity contribution >= 4 is 29.3 Å². The quantitative estimate of drug-likeness (QED) is 0.310. The Kier molecular flexibility index (Phi) is 5.38. The second-order valence-electron chi connectivity index (χ2n) is 4.14. The second kappa shape index (κ2) is 7.02. The minimum Gasteiger partial charge on any atom is -0.449 e. The Morgan fingerprint density at radius 3 is 2.50 bits per heavy atom. The van der Waals surface area contributed by atoms with Gasteiger partial charge in [0.15, 0.2) is 6.10 Å². The molecular formula is C12H14N4O6. The topological polar surface area (TPSA) is 154 Å². The Morgan fingerprint density at radius 1 is 1.36 bits per heavy atom. The number of hydrogen-bond donors (Lipinski definition) is 3. The van der Waals surface area contributed by atoms with E-state index < -0.39 is 28.9 Å². The van der Waals surface area contributed by atoms with Gasteiger partial charge in [-0.3, -0.25) is 20.2 Å².